The Kier molecular flexibility index (Phi) is 7.69. The number of hydrogen-bond acceptors (Lipinski definition) is 3. The molecule has 3 nitrogen and oxygen atoms in total. The van der Waals surface area contributed by atoms with Crippen LogP contribution in [-0.4, -0.2) is 18.7 Å². The normalized spacial score (nSPS) is 12.0. The van der Waals surface area contributed by atoms with Crippen molar-refractivity contribution < 1.29 is 14.3 Å². The van der Waals surface area contributed by atoms with E-state index in [2.05, 4.69) is 43.0 Å². The molecule has 4 aromatic carbocycles. The number of rotatable bonds is 10. The van der Waals surface area contributed by atoms with Gasteiger partial charge in [0.05, 0.1) is 12.2 Å². The predicted molar refractivity (Wildman–Crippen MR) is 136 cm³/mol. The number of benzene rings is 4. The Morgan fingerprint density at radius 3 is 1.53 bits per heavy atom. The third-order valence-electron chi connectivity index (χ3n) is 5.79. The minimum Gasteiger partial charge on any atom is -0.454 e. The van der Waals surface area contributed by atoms with E-state index in [1.54, 1.807) is 18.2 Å². The van der Waals surface area contributed by atoms with Gasteiger partial charge in [0, 0.05) is 6.42 Å². The van der Waals surface area contributed by atoms with Crippen molar-refractivity contribution in [2.75, 3.05) is 6.61 Å². The summed E-state index contributed by atoms with van der Waals surface area (Å²) >= 11 is 0. The van der Waals surface area contributed by atoms with Gasteiger partial charge in [-0.25, -0.2) is 4.79 Å². The van der Waals surface area contributed by atoms with Gasteiger partial charge in [0.15, 0.2) is 0 Å². The SMILES string of the molecule is C=CC(CCOC(c1ccccc1)(c1ccccc1)c1ccccc1)OC(=O)c1ccccc1. The largest absolute Gasteiger partial charge is 0.454 e. The molecule has 0 radical (unpaired) electrons. The number of hydrogen-bond donors (Lipinski definition) is 0. The van der Waals surface area contributed by atoms with Gasteiger partial charge < -0.3 is 9.47 Å². The monoisotopic (exact) mass is 448 g/mol. The molecular weight excluding hydrogens is 420 g/mol. The van der Waals surface area contributed by atoms with Gasteiger partial charge in [0.2, 0.25) is 0 Å². The number of esters is 1. The standard InChI is InChI=1S/C31H28O3/c1-2-29(34-30(32)25-15-7-3-8-16-25)23-24-33-31(26-17-9-4-10-18-26,27-19-11-5-12-20-27)28-21-13-6-14-22-28/h2-22,29H,1,23-24H2. The van der Waals surface area contributed by atoms with E-state index in [1.807, 2.05) is 72.8 Å². The van der Waals surface area contributed by atoms with Crippen LogP contribution in [0.5, 0.6) is 0 Å². The van der Waals surface area contributed by atoms with Gasteiger partial charge in [0.25, 0.3) is 0 Å². The molecule has 170 valence electrons. The van der Waals surface area contributed by atoms with Crippen molar-refractivity contribution in [3.63, 3.8) is 0 Å². The van der Waals surface area contributed by atoms with E-state index in [9.17, 15) is 4.79 Å². The molecule has 0 aliphatic heterocycles. The molecule has 1 atom stereocenters. The summed E-state index contributed by atoms with van der Waals surface area (Å²) in [5.74, 6) is -0.369. The maximum atomic E-state index is 12.5. The first-order valence-corrected chi connectivity index (χ1v) is 11.4. The Morgan fingerprint density at radius 1 is 0.706 bits per heavy atom. The van der Waals surface area contributed by atoms with Gasteiger partial charge in [-0.05, 0) is 28.8 Å². The summed E-state index contributed by atoms with van der Waals surface area (Å²) in [6.07, 6.45) is 1.67. The zero-order valence-corrected chi connectivity index (χ0v) is 19.0. The van der Waals surface area contributed by atoms with Crippen LogP contribution < -0.4 is 0 Å². The van der Waals surface area contributed by atoms with E-state index in [4.69, 9.17) is 9.47 Å². The fourth-order valence-electron chi connectivity index (χ4n) is 4.10. The zero-order valence-electron chi connectivity index (χ0n) is 19.0. The van der Waals surface area contributed by atoms with E-state index in [0.717, 1.165) is 16.7 Å². The second-order valence-corrected chi connectivity index (χ2v) is 7.96. The van der Waals surface area contributed by atoms with Crippen molar-refractivity contribution in [1.29, 1.82) is 0 Å². The molecule has 0 N–H and O–H groups in total. The fraction of sp³-hybridized carbons (Fsp3) is 0.129. The molecule has 1 unspecified atom stereocenters. The Labute approximate surface area is 201 Å². The van der Waals surface area contributed by atoms with Crippen molar-refractivity contribution in [3.8, 4) is 0 Å². The average molecular weight is 449 g/mol. The fourth-order valence-corrected chi connectivity index (χ4v) is 4.10. The highest BCUT2D eigenvalue weighted by molar-refractivity contribution is 5.89. The number of carbonyl (C=O) groups excluding carboxylic acids is 1. The molecule has 0 aliphatic rings. The third kappa shape index (κ3) is 5.16. The molecule has 0 amide bonds. The summed E-state index contributed by atoms with van der Waals surface area (Å²) in [4.78, 5) is 12.5. The molecule has 0 aromatic heterocycles. The molecule has 4 aromatic rings. The van der Waals surface area contributed by atoms with Crippen LogP contribution in [0.1, 0.15) is 33.5 Å². The van der Waals surface area contributed by atoms with Crippen LogP contribution in [0.25, 0.3) is 0 Å². The summed E-state index contributed by atoms with van der Waals surface area (Å²) in [5.41, 5.74) is 2.80. The molecule has 3 heteroatoms. The highest BCUT2D eigenvalue weighted by Gasteiger charge is 2.37. The third-order valence-corrected chi connectivity index (χ3v) is 5.79. The Hall–Kier alpha value is -3.95. The molecule has 0 spiro atoms. The molecule has 0 fully saturated rings. The van der Waals surface area contributed by atoms with E-state index in [0.29, 0.717) is 18.6 Å². The van der Waals surface area contributed by atoms with Crippen molar-refractivity contribution in [1.82, 2.24) is 0 Å². The molecular formula is C31H28O3. The molecule has 0 saturated heterocycles. The van der Waals surface area contributed by atoms with Crippen LogP contribution in [0.3, 0.4) is 0 Å². The summed E-state index contributed by atoms with van der Waals surface area (Å²) in [6, 6.07) is 39.6. The zero-order chi connectivity index (χ0) is 23.6. The maximum absolute atomic E-state index is 12.5. The smallest absolute Gasteiger partial charge is 0.338 e. The lowest BCUT2D eigenvalue weighted by atomic mass is 9.80. The van der Waals surface area contributed by atoms with Gasteiger partial charge in [0.1, 0.15) is 11.7 Å². The Morgan fingerprint density at radius 2 is 1.12 bits per heavy atom. The minimum atomic E-state index is -0.807. The molecule has 0 bridgehead atoms. The van der Waals surface area contributed by atoms with Gasteiger partial charge in [-0.1, -0.05) is 122 Å². The summed E-state index contributed by atoms with van der Waals surface area (Å²) < 4.78 is 12.4. The lowest BCUT2D eigenvalue weighted by molar-refractivity contribution is -0.00781. The number of carbonyl (C=O) groups is 1. The van der Waals surface area contributed by atoms with Crippen LogP contribution in [0.15, 0.2) is 134 Å². The first-order valence-electron chi connectivity index (χ1n) is 11.4. The van der Waals surface area contributed by atoms with Crippen LogP contribution in [0.4, 0.5) is 0 Å². The highest BCUT2D eigenvalue weighted by atomic mass is 16.5. The average Bonchev–Trinajstić information content (AvgIpc) is 2.92. The molecule has 4 rings (SSSR count). The topological polar surface area (TPSA) is 35.5 Å². The Bertz CT molecular complexity index is 1080. The molecule has 0 aliphatic carbocycles. The van der Waals surface area contributed by atoms with Crippen molar-refractivity contribution in [2.24, 2.45) is 0 Å². The summed E-state index contributed by atoms with van der Waals surface area (Å²) in [6.45, 7) is 4.22. The second-order valence-electron chi connectivity index (χ2n) is 7.96. The lowest BCUT2D eigenvalue weighted by Gasteiger charge is -2.36. The van der Waals surface area contributed by atoms with E-state index >= 15 is 0 Å². The van der Waals surface area contributed by atoms with Gasteiger partial charge >= 0.3 is 5.97 Å². The van der Waals surface area contributed by atoms with Crippen LogP contribution in [0, 0.1) is 0 Å². The predicted octanol–water partition coefficient (Wildman–Crippen LogP) is 6.80. The van der Waals surface area contributed by atoms with Crippen molar-refractivity contribution in [2.45, 2.75) is 18.1 Å². The highest BCUT2D eigenvalue weighted by Crippen LogP contribution is 2.40. The van der Waals surface area contributed by atoms with Gasteiger partial charge in [-0.2, -0.15) is 0 Å². The lowest BCUT2D eigenvalue weighted by Crippen LogP contribution is -2.34. The van der Waals surface area contributed by atoms with Crippen LogP contribution >= 0.6 is 0 Å². The van der Waals surface area contributed by atoms with Crippen LogP contribution in [0.2, 0.25) is 0 Å². The maximum Gasteiger partial charge on any atom is 0.338 e. The van der Waals surface area contributed by atoms with E-state index in [-0.39, 0.29) is 5.97 Å². The van der Waals surface area contributed by atoms with Gasteiger partial charge in [-0.3, -0.25) is 0 Å². The van der Waals surface area contributed by atoms with E-state index < -0.39 is 11.7 Å². The Balaban J connectivity index is 1.61. The quantitative estimate of drug-likeness (QED) is 0.152. The molecule has 0 heterocycles. The van der Waals surface area contributed by atoms with E-state index in [1.165, 1.54) is 0 Å². The first kappa shape index (κ1) is 23.2. The van der Waals surface area contributed by atoms with Gasteiger partial charge in [-0.15, -0.1) is 0 Å². The minimum absolute atomic E-state index is 0.359. The second kappa shape index (κ2) is 11.3. The number of ether oxygens (including phenoxy) is 2. The molecule has 34 heavy (non-hydrogen) atoms. The molecule has 0 saturated carbocycles. The first-order chi connectivity index (χ1) is 16.7. The summed E-state index contributed by atoms with van der Waals surface area (Å²) in [7, 11) is 0. The summed E-state index contributed by atoms with van der Waals surface area (Å²) in [5, 5.41) is 0. The van der Waals surface area contributed by atoms with Crippen molar-refractivity contribution in [3.05, 3.63) is 156 Å². The van der Waals surface area contributed by atoms with Crippen LogP contribution in [-0.2, 0) is 15.1 Å². The van der Waals surface area contributed by atoms with Crippen molar-refractivity contribution >= 4 is 5.97 Å².